The molecule has 1 aliphatic heterocycles. The molecule has 0 unspecified atom stereocenters. The minimum absolute atomic E-state index is 0.427. The highest BCUT2D eigenvalue weighted by atomic mass is 15.0. The van der Waals surface area contributed by atoms with Gasteiger partial charge in [0, 0.05) is 0 Å². The van der Waals surface area contributed by atoms with E-state index in [4.69, 9.17) is 0 Å². The van der Waals surface area contributed by atoms with E-state index in [0.29, 0.717) is 20.9 Å². The quantitative estimate of drug-likeness (QED) is 0.366. The van der Waals surface area contributed by atoms with Crippen molar-refractivity contribution in [3.05, 3.63) is 0 Å². The van der Waals surface area contributed by atoms with Gasteiger partial charge in [-0.1, -0.05) is 20.5 Å². The van der Waals surface area contributed by atoms with Crippen LogP contribution in [0.15, 0.2) is 0 Å². The van der Waals surface area contributed by atoms with Crippen molar-refractivity contribution in [2.24, 2.45) is 0 Å². The standard InChI is InChI=1S/C3H12B3N3/c1-4-7-5(2)9-6(3)8-4/h7-9H,1-3H3. The number of hydrogen-bond acceptors (Lipinski definition) is 3. The fourth-order valence-corrected chi connectivity index (χ4v) is 1.27. The Labute approximate surface area is 57.7 Å². The monoisotopic (exact) mass is 123 g/mol. The Hall–Kier alpha value is 0.0748. The molecule has 0 saturated carbocycles. The molecular formula is C3H12B3N3. The molecule has 1 fully saturated rings. The maximum atomic E-state index is 3.29. The Morgan fingerprint density at radius 2 is 0.889 bits per heavy atom. The lowest BCUT2D eigenvalue weighted by Crippen LogP contribution is -2.71. The van der Waals surface area contributed by atoms with Crippen LogP contribution in [-0.4, -0.2) is 20.9 Å². The van der Waals surface area contributed by atoms with Crippen LogP contribution in [0.1, 0.15) is 0 Å². The number of hydrogen-bond donors (Lipinski definition) is 3. The average Bonchev–Trinajstić information content (AvgIpc) is 1.59. The van der Waals surface area contributed by atoms with Gasteiger partial charge in [0.2, 0.25) is 0 Å². The first-order chi connectivity index (χ1) is 4.18. The van der Waals surface area contributed by atoms with Crippen molar-refractivity contribution in [3.8, 4) is 0 Å². The summed E-state index contributed by atoms with van der Waals surface area (Å²) in [7, 11) is 0. The normalized spacial score (nSPS) is 21.0. The molecule has 0 atom stereocenters. The summed E-state index contributed by atoms with van der Waals surface area (Å²) in [5.41, 5.74) is 0. The predicted octanol–water partition coefficient (Wildman–Crippen LogP) is -0.877. The summed E-state index contributed by atoms with van der Waals surface area (Å²) in [5, 5.41) is 9.86. The van der Waals surface area contributed by atoms with E-state index >= 15 is 0 Å². The largest absolute Gasteiger partial charge is 0.372 e. The first-order valence-electron chi connectivity index (χ1n) is 3.46. The van der Waals surface area contributed by atoms with E-state index in [2.05, 4.69) is 35.9 Å². The Balaban J connectivity index is 2.34. The summed E-state index contributed by atoms with van der Waals surface area (Å²) in [6, 6.07) is 0. The zero-order valence-corrected chi connectivity index (χ0v) is 6.23. The van der Waals surface area contributed by atoms with Gasteiger partial charge in [-0.05, 0) is 0 Å². The van der Waals surface area contributed by atoms with Gasteiger partial charge in [0.15, 0.2) is 0 Å². The minimum Gasteiger partial charge on any atom is -0.372 e. The highest BCUT2D eigenvalue weighted by Gasteiger charge is 2.25. The van der Waals surface area contributed by atoms with Crippen LogP contribution in [0.4, 0.5) is 0 Å². The molecule has 0 spiro atoms. The van der Waals surface area contributed by atoms with Gasteiger partial charge in [-0.3, -0.25) is 0 Å². The van der Waals surface area contributed by atoms with Crippen molar-refractivity contribution in [2.45, 2.75) is 20.5 Å². The van der Waals surface area contributed by atoms with Gasteiger partial charge in [-0.2, -0.15) is 0 Å². The molecule has 48 valence electrons. The first-order valence-corrected chi connectivity index (χ1v) is 3.46. The maximum absolute atomic E-state index is 3.29. The lowest BCUT2D eigenvalue weighted by Gasteiger charge is -2.27. The van der Waals surface area contributed by atoms with Gasteiger partial charge in [-0.25, -0.2) is 0 Å². The molecule has 1 rings (SSSR count). The minimum atomic E-state index is 0.427. The van der Waals surface area contributed by atoms with Gasteiger partial charge in [0.25, 0.3) is 20.9 Å². The van der Waals surface area contributed by atoms with Crippen LogP contribution in [0.3, 0.4) is 0 Å². The Morgan fingerprint density at radius 3 is 1.11 bits per heavy atom. The Kier molecular flexibility index (Phi) is 2.21. The van der Waals surface area contributed by atoms with Gasteiger partial charge in [0.1, 0.15) is 0 Å². The van der Waals surface area contributed by atoms with E-state index in [1.807, 2.05) is 0 Å². The van der Waals surface area contributed by atoms with Crippen LogP contribution < -0.4 is 15.4 Å². The smallest absolute Gasteiger partial charge is 0.281 e. The molecule has 9 heavy (non-hydrogen) atoms. The summed E-state index contributed by atoms with van der Waals surface area (Å²) < 4.78 is 0. The SMILES string of the molecule is CB1NB(C)NB(C)N1. The van der Waals surface area contributed by atoms with E-state index in [0.717, 1.165) is 0 Å². The molecule has 0 amide bonds. The van der Waals surface area contributed by atoms with Crippen molar-refractivity contribution in [1.82, 2.24) is 15.4 Å². The molecule has 3 nitrogen and oxygen atoms in total. The summed E-state index contributed by atoms with van der Waals surface area (Å²) in [6.45, 7) is 7.64. The topological polar surface area (TPSA) is 36.1 Å². The third-order valence-corrected chi connectivity index (χ3v) is 1.50. The number of nitrogens with one attached hydrogen (secondary N) is 3. The molecule has 0 bridgehead atoms. The first kappa shape index (κ1) is 7.19. The highest BCUT2D eigenvalue weighted by molar-refractivity contribution is 6.85. The average molecular weight is 123 g/mol. The Bertz CT molecular complexity index is 75.3. The maximum Gasteiger partial charge on any atom is 0.281 e. The van der Waals surface area contributed by atoms with Gasteiger partial charge in [-0.15, -0.1) is 0 Å². The van der Waals surface area contributed by atoms with Crippen LogP contribution >= 0.6 is 0 Å². The van der Waals surface area contributed by atoms with Crippen molar-refractivity contribution in [2.75, 3.05) is 0 Å². The molecule has 0 radical (unpaired) electrons. The van der Waals surface area contributed by atoms with Crippen molar-refractivity contribution in [1.29, 1.82) is 0 Å². The molecule has 0 aromatic rings. The molecule has 3 N–H and O–H groups in total. The van der Waals surface area contributed by atoms with Crippen molar-refractivity contribution in [3.63, 3.8) is 0 Å². The lowest BCUT2D eigenvalue weighted by molar-refractivity contribution is 1.16. The molecule has 0 aliphatic carbocycles. The zero-order valence-electron chi connectivity index (χ0n) is 6.23. The third kappa shape index (κ3) is 2.04. The van der Waals surface area contributed by atoms with E-state index in [-0.39, 0.29) is 0 Å². The number of rotatable bonds is 0. The molecule has 6 heteroatoms. The lowest BCUT2D eigenvalue weighted by atomic mass is 9.52. The van der Waals surface area contributed by atoms with Crippen LogP contribution in [0.5, 0.6) is 0 Å². The highest BCUT2D eigenvalue weighted by Crippen LogP contribution is 1.83. The predicted molar refractivity (Wildman–Crippen MR) is 44.3 cm³/mol. The van der Waals surface area contributed by atoms with Crippen LogP contribution in [0.2, 0.25) is 20.5 Å². The van der Waals surface area contributed by atoms with E-state index in [9.17, 15) is 0 Å². The van der Waals surface area contributed by atoms with E-state index < -0.39 is 0 Å². The second kappa shape index (κ2) is 2.77. The fraction of sp³-hybridized carbons (Fsp3) is 1.00. The molecule has 1 saturated heterocycles. The molecule has 1 aliphatic rings. The van der Waals surface area contributed by atoms with E-state index in [1.165, 1.54) is 0 Å². The van der Waals surface area contributed by atoms with E-state index in [1.54, 1.807) is 0 Å². The Morgan fingerprint density at radius 1 is 0.667 bits per heavy atom. The van der Waals surface area contributed by atoms with Crippen LogP contribution in [0, 0.1) is 0 Å². The summed E-state index contributed by atoms with van der Waals surface area (Å²) in [5.74, 6) is 0. The summed E-state index contributed by atoms with van der Waals surface area (Å²) >= 11 is 0. The fourth-order valence-electron chi connectivity index (χ4n) is 1.27. The van der Waals surface area contributed by atoms with Crippen LogP contribution in [-0.2, 0) is 0 Å². The van der Waals surface area contributed by atoms with Gasteiger partial charge < -0.3 is 15.4 Å². The van der Waals surface area contributed by atoms with Crippen molar-refractivity contribution >= 4 is 20.9 Å². The van der Waals surface area contributed by atoms with Gasteiger partial charge >= 0.3 is 0 Å². The molecule has 0 aromatic heterocycles. The molecule has 1 heterocycles. The zero-order chi connectivity index (χ0) is 6.85. The van der Waals surface area contributed by atoms with Crippen molar-refractivity contribution < 1.29 is 0 Å². The second-order valence-electron chi connectivity index (χ2n) is 2.67. The third-order valence-electron chi connectivity index (χ3n) is 1.50. The van der Waals surface area contributed by atoms with Gasteiger partial charge in [0.05, 0.1) is 0 Å². The molecule has 0 aromatic carbocycles. The second-order valence-corrected chi connectivity index (χ2v) is 2.67. The summed E-state index contributed by atoms with van der Waals surface area (Å²) in [6.07, 6.45) is 0. The van der Waals surface area contributed by atoms with Crippen LogP contribution in [0.25, 0.3) is 0 Å². The molecular weight excluding hydrogens is 110 g/mol. The summed E-state index contributed by atoms with van der Waals surface area (Å²) in [4.78, 5) is 0.